The third kappa shape index (κ3) is 7.03. The molecule has 0 spiro atoms. The van der Waals surface area contributed by atoms with E-state index in [-0.39, 0.29) is 30.5 Å². The summed E-state index contributed by atoms with van der Waals surface area (Å²) in [6.07, 6.45) is 2.59. The van der Waals surface area contributed by atoms with E-state index in [0.29, 0.717) is 18.3 Å². The number of aromatic nitrogens is 1. The Kier molecular flexibility index (Phi) is 8.91. The first kappa shape index (κ1) is 21.4. The van der Waals surface area contributed by atoms with Gasteiger partial charge in [0, 0.05) is 31.4 Å². The summed E-state index contributed by atoms with van der Waals surface area (Å²) in [4.78, 5) is 8.76. The summed E-state index contributed by atoms with van der Waals surface area (Å²) >= 11 is 0. The molecule has 1 atom stereocenters. The normalized spacial score (nSPS) is 13.7. The molecule has 138 valence electrons. The topological polar surface area (TPSA) is 82.7 Å². The molecule has 6 nitrogen and oxygen atoms in total. The molecule has 2 aromatic heterocycles. The highest BCUT2D eigenvalue weighted by Gasteiger charge is 2.26. The van der Waals surface area contributed by atoms with Gasteiger partial charge in [-0.25, -0.2) is 4.99 Å². The summed E-state index contributed by atoms with van der Waals surface area (Å²) in [6.45, 7) is 7.23. The highest BCUT2D eigenvalue weighted by Crippen LogP contribution is 2.22. The smallest absolute Gasteiger partial charge is 0.191 e. The van der Waals surface area contributed by atoms with E-state index < -0.39 is 5.60 Å². The van der Waals surface area contributed by atoms with Crippen LogP contribution in [0.15, 0.2) is 45.9 Å². The van der Waals surface area contributed by atoms with Crippen molar-refractivity contribution in [2.24, 2.45) is 4.99 Å². The standard InChI is InChI=1S/C18H26N4O2.HI/c1-4-19-17(21-12-10-15-7-5-6-11-20-15)22-13-18(3,23)16-9-8-14(2)24-16;/h5-9,11,23H,4,10,12-13H2,1-3H3,(H2,19,21,22);1H. The maximum Gasteiger partial charge on any atom is 0.191 e. The quantitative estimate of drug-likeness (QED) is 0.338. The molecule has 0 bridgehead atoms. The molecule has 2 rings (SSSR count). The number of nitrogens with one attached hydrogen (secondary N) is 2. The van der Waals surface area contributed by atoms with Gasteiger partial charge < -0.3 is 20.2 Å². The lowest BCUT2D eigenvalue weighted by molar-refractivity contribution is 0.0428. The van der Waals surface area contributed by atoms with Crippen molar-refractivity contribution in [2.75, 3.05) is 19.6 Å². The van der Waals surface area contributed by atoms with Gasteiger partial charge in [-0.15, -0.1) is 24.0 Å². The summed E-state index contributed by atoms with van der Waals surface area (Å²) in [7, 11) is 0. The number of furan rings is 1. The minimum absolute atomic E-state index is 0. The third-order valence-electron chi connectivity index (χ3n) is 3.56. The molecule has 0 radical (unpaired) electrons. The molecule has 2 aromatic rings. The van der Waals surface area contributed by atoms with Crippen molar-refractivity contribution in [1.82, 2.24) is 15.6 Å². The van der Waals surface area contributed by atoms with Crippen molar-refractivity contribution >= 4 is 29.9 Å². The maximum absolute atomic E-state index is 10.6. The van der Waals surface area contributed by atoms with Gasteiger partial charge in [-0.1, -0.05) is 6.07 Å². The van der Waals surface area contributed by atoms with Gasteiger partial charge in [0.2, 0.25) is 0 Å². The Morgan fingerprint density at radius 3 is 2.68 bits per heavy atom. The van der Waals surface area contributed by atoms with E-state index in [1.165, 1.54) is 0 Å². The molecule has 0 fully saturated rings. The Labute approximate surface area is 166 Å². The Bertz CT molecular complexity index is 656. The van der Waals surface area contributed by atoms with Crippen LogP contribution >= 0.6 is 24.0 Å². The fourth-order valence-corrected chi connectivity index (χ4v) is 2.23. The molecule has 0 aliphatic rings. The van der Waals surface area contributed by atoms with Crippen LogP contribution in [0.25, 0.3) is 0 Å². The number of nitrogens with zero attached hydrogens (tertiary/aromatic N) is 2. The number of hydrogen-bond acceptors (Lipinski definition) is 4. The number of rotatable bonds is 7. The molecule has 0 aliphatic heterocycles. The Hall–Kier alpha value is -1.61. The van der Waals surface area contributed by atoms with E-state index >= 15 is 0 Å². The zero-order valence-corrected chi connectivity index (χ0v) is 17.3. The molecule has 0 aliphatic carbocycles. The first-order chi connectivity index (χ1) is 11.5. The minimum atomic E-state index is -1.14. The molecular weight excluding hydrogens is 431 g/mol. The largest absolute Gasteiger partial charge is 0.463 e. The number of aliphatic hydroxyl groups is 1. The van der Waals surface area contributed by atoms with Gasteiger partial charge in [0.15, 0.2) is 5.96 Å². The van der Waals surface area contributed by atoms with Gasteiger partial charge in [-0.3, -0.25) is 4.98 Å². The molecule has 0 saturated heterocycles. The highest BCUT2D eigenvalue weighted by molar-refractivity contribution is 14.0. The average Bonchev–Trinajstić information content (AvgIpc) is 3.01. The summed E-state index contributed by atoms with van der Waals surface area (Å²) in [5.74, 6) is 1.96. The second-order valence-electron chi connectivity index (χ2n) is 5.88. The Morgan fingerprint density at radius 1 is 1.28 bits per heavy atom. The monoisotopic (exact) mass is 458 g/mol. The van der Waals surface area contributed by atoms with Crippen molar-refractivity contribution in [3.05, 3.63) is 53.7 Å². The van der Waals surface area contributed by atoms with Crippen molar-refractivity contribution in [3.63, 3.8) is 0 Å². The summed E-state index contributed by atoms with van der Waals surface area (Å²) < 4.78 is 5.51. The molecule has 1 unspecified atom stereocenters. The number of hydrogen-bond donors (Lipinski definition) is 3. The lowest BCUT2D eigenvalue weighted by Crippen LogP contribution is -2.39. The zero-order chi connectivity index (χ0) is 17.4. The summed E-state index contributed by atoms with van der Waals surface area (Å²) in [6, 6.07) is 9.50. The van der Waals surface area contributed by atoms with Crippen LogP contribution in [-0.4, -0.2) is 35.7 Å². The third-order valence-corrected chi connectivity index (χ3v) is 3.56. The number of aliphatic imine (C=N–C) groups is 1. The van der Waals surface area contributed by atoms with Crippen LogP contribution in [0.4, 0.5) is 0 Å². The summed E-state index contributed by atoms with van der Waals surface area (Å²) in [5, 5.41) is 17.0. The Morgan fingerprint density at radius 2 is 2.08 bits per heavy atom. The van der Waals surface area contributed by atoms with E-state index in [1.54, 1.807) is 19.2 Å². The fraction of sp³-hybridized carbons (Fsp3) is 0.444. The van der Waals surface area contributed by atoms with Crippen molar-refractivity contribution < 1.29 is 9.52 Å². The predicted octanol–water partition coefficient (Wildman–Crippen LogP) is 2.61. The molecule has 0 saturated carbocycles. The van der Waals surface area contributed by atoms with Gasteiger partial charge >= 0.3 is 0 Å². The van der Waals surface area contributed by atoms with E-state index in [1.807, 2.05) is 38.1 Å². The lowest BCUT2D eigenvalue weighted by Gasteiger charge is -2.19. The molecule has 25 heavy (non-hydrogen) atoms. The molecule has 2 heterocycles. The van der Waals surface area contributed by atoms with E-state index in [4.69, 9.17) is 4.42 Å². The molecule has 7 heteroatoms. The zero-order valence-electron chi connectivity index (χ0n) is 15.0. The second-order valence-corrected chi connectivity index (χ2v) is 5.88. The predicted molar refractivity (Wildman–Crippen MR) is 110 cm³/mol. The first-order valence-corrected chi connectivity index (χ1v) is 8.22. The highest BCUT2D eigenvalue weighted by atomic mass is 127. The van der Waals surface area contributed by atoms with Gasteiger partial charge in [-0.05, 0) is 45.0 Å². The van der Waals surface area contributed by atoms with Crippen LogP contribution in [0.3, 0.4) is 0 Å². The van der Waals surface area contributed by atoms with Crippen molar-refractivity contribution in [2.45, 2.75) is 32.8 Å². The molecular formula is C18H27IN4O2. The molecule has 3 N–H and O–H groups in total. The van der Waals surface area contributed by atoms with E-state index in [2.05, 4.69) is 20.6 Å². The van der Waals surface area contributed by atoms with Gasteiger partial charge in [0.25, 0.3) is 0 Å². The SMILES string of the molecule is CCNC(=NCC(C)(O)c1ccc(C)o1)NCCc1ccccn1.I. The van der Waals surface area contributed by atoms with Crippen LogP contribution in [0, 0.1) is 6.92 Å². The van der Waals surface area contributed by atoms with Crippen LogP contribution in [0.2, 0.25) is 0 Å². The maximum atomic E-state index is 10.6. The number of guanidine groups is 1. The molecule has 0 amide bonds. The van der Waals surface area contributed by atoms with Crippen molar-refractivity contribution in [1.29, 1.82) is 0 Å². The van der Waals surface area contributed by atoms with E-state index in [9.17, 15) is 5.11 Å². The first-order valence-electron chi connectivity index (χ1n) is 8.22. The van der Waals surface area contributed by atoms with Crippen molar-refractivity contribution in [3.8, 4) is 0 Å². The fourth-order valence-electron chi connectivity index (χ4n) is 2.23. The number of pyridine rings is 1. The number of aryl methyl sites for hydroxylation is 1. The van der Waals surface area contributed by atoms with Gasteiger partial charge in [-0.2, -0.15) is 0 Å². The van der Waals surface area contributed by atoms with Crippen LogP contribution in [-0.2, 0) is 12.0 Å². The second kappa shape index (κ2) is 10.4. The van der Waals surface area contributed by atoms with E-state index in [0.717, 1.165) is 24.4 Å². The minimum Gasteiger partial charge on any atom is -0.463 e. The average molecular weight is 458 g/mol. The van der Waals surface area contributed by atoms with Gasteiger partial charge in [0.1, 0.15) is 17.1 Å². The molecule has 0 aromatic carbocycles. The lowest BCUT2D eigenvalue weighted by atomic mass is 10.0. The van der Waals surface area contributed by atoms with Crippen LogP contribution in [0.5, 0.6) is 0 Å². The number of halogens is 1. The Balaban J connectivity index is 0.00000312. The summed E-state index contributed by atoms with van der Waals surface area (Å²) in [5.41, 5.74) is -0.115. The van der Waals surface area contributed by atoms with Crippen LogP contribution < -0.4 is 10.6 Å². The van der Waals surface area contributed by atoms with Crippen LogP contribution in [0.1, 0.15) is 31.1 Å². The van der Waals surface area contributed by atoms with Gasteiger partial charge in [0.05, 0.1) is 6.54 Å².